The van der Waals surface area contributed by atoms with Gasteiger partial charge in [0.2, 0.25) is 0 Å². The highest BCUT2D eigenvalue weighted by molar-refractivity contribution is 7.91. The standard InChI is InChI=1S/C21H19F2N5O5S/c1-33-19-9-2-12(20(29)25-15-7-8-16(22)17(23)11-15)10-18(19)27-34(31,32)28-21(30)26-14-5-3-13(24)4-6-14/h2-11,27H,24H2,1H3,(H,25,29)(H2,26,28,30). The van der Waals surface area contributed by atoms with Crippen molar-refractivity contribution in [2.75, 3.05) is 28.2 Å². The molecule has 178 valence electrons. The highest BCUT2D eigenvalue weighted by Gasteiger charge is 2.19. The predicted molar refractivity (Wildman–Crippen MR) is 123 cm³/mol. The highest BCUT2D eigenvalue weighted by Crippen LogP contribution is 2.27. The van der Waals surface area contributed by atoms with Crippen LogP contribution >= 0.6 is 0 Å². The number of carbonyl (C=O) groups is 2. The van der Waals surface area contributed by atoms with Crippen LogP contribution in [0.25, 0.3) is 0 Å². The molecule has 3 aromatic rings. The van der Waals surface area contributed by atoms with E-state index in [1.54, 1.807) is 4.72 Å². The fourth-order valence-corrected chi connectivity index (χ4v) is 3.52. The number of nitrogen functional groups attached to an aromatic ring is 1. The molecule has 0 bridgehead atoms. The molecule has 0 atom stereocenters. The normalized spacial score (nSPS) is 10.8. The maximum absolute atomic E-state index is 13.4. The zero-order valence-electron chi connectivity index (χ0n) is 17.6. The smallest absolute Gasteiger partial charge is 0.334 e. The van der Waals surface area contributed by atoms with Gasteiger partial charge in [0.15, 0.2) is 11.6 Å². The Morgan fingerprint density at radius 3 is 2.21 bits per heavy atom. The Morgan fingerprint density at radius 1 is 0.882 bits per heavy atom. The molecule has 0 unspecified atom stereocenters. The average molecular weight is 491 g/mol. The molecule has 0 saturated heterocycles. The molecule has 0 fully saturated rings. The van der Waals surface area contributed by atoms with Gasteiger partial charge in [-0.2, -0.15) is 8.42 Å². The van der Waals surface area contributed by atoms with E-state index in [9.17, 15) is 26.8 Å². The van der Waals surface area contributed by atoms with Crippen LogP contribution in [0.5, 0.6) is 5.75 Å². The predicted octanol–water partition coefficient (Wildman–Crippen LogP) is 3.29. The van der Waals surface area contributed by atoms with Crippen molar-refractivity contribution < 1.29 is 31.5 Å². The average Bonchev–Trinajstić information content (AvgIpc) is 2.77. The summed E-state index contributed by atoms with van der Waals surface area (Å²) in [6, 6.07) is 11.5. The minimum atomic E-state index is -4.45. The van der Waals surface area contributed by atoms with E-state index >= 15 is 0 Å². The second-order valence-electron chi connectivity index (χ2n) is 6.78. The first-order valence-corrected chi connectivity index (χ1v) is 11.0. The maximum atomic E-state index is 13.4. The Balaban J connectivity index is 1.73. The lowest BCUT2D eigenvalue weighted by atomic mass is 10.1. The maximum Gasteiger partial charge on any atom is 0.334 e. The summed E-state index contributed by atoms with van der Waals surface area (Å²) in [5, 5.41) is 4.69. The monoisotopic (exact) mass is 491 g/mol. The Morgan fingerprint density at radius 2 is 1.56 bits per heavy atom. The van der Waals surface area contributed by atoms with Gasteiger partial charge in [-0.25, -0.2) is 18.3 Å². The largest absolute Gasteiger partial charge is 0.495 e. The number of amides is 3. The number of urea groups is 1. The van der Waals surface area contributed by atoms with Crippen LogP contribution in [0.1, 0.15) is 10.4 Å². The molecule has 3 rings (SSSR count). The van der Waals surface area contributed by atoms with Gasteiger partial charge in [0, 0.05) is 28.7 Å². The molecule has 0 aliphatic carbocycles. The van der Waals surface area contributed by atoms with Crippen LogP contribution in [0.3, 0.4) is 0 Å². The van der Waals surface area contributed by atoms with Gasteiger partial charge in [-0.3, -0.25) is 9.52 Å². The number of hydrogen-bond donors (Lipinski definition) is 5. The fraction of sp³-hybridized carbons (Fsp3) is 0.0476. The van der Waals surface area contributed by atoms with E-state index in [2.05, 4.69) is 15.4 Å². The van der Waals surface area contributed by atoms with Crippen LogP contribution in [0, 0.1) is 11.6 Å². The van der Waals surface area contributed by atoms with Crippen molar-refractivity contribution in [3.8, 4) is 5.75 Å². The number of carbonyl (C=O) groups excluding carboxylic acids is 2. The molecule has 0 heterocycles. The van der Waals surface area contributed by atoms with Gasteiger partial charge < -0.3 is 21.1 Å². The number of halogens is 2. The summed E-state index contributed by atoms with van der Waals surface area (Å²) in [4.78, 5) is 24.6. The van der Waals surface area contributed by atoms with Crippen molar-refractivity contribution in [1.29, 1.82) is 0 Å². The third-order valence-corrected chi connectivity index (χ3v) is 5.22. The van der Waals surface area contributed by atoms with E-state index in [4.69, 9.17) is 10.5 Å². The van der Waals surface area contributed by atoms with Gasteiger partial charge in [-0.1, -0.05) is 0 Å². The first kappa shape index (κ1) is 24.3. The third-order valence-electron chi connectivity index (χ3n) is 4.28. The number of hydrogen-bond acceptors (Lipinski definition) is 6. The number of methoxy groups -OCH3 is 1. The van der Waals surface area contributed by atoms with Crippen LogP contribution in [-0.4, -0.2) is 27.5 Å². The van der Waals surface area contributed by atoms with E-state index in [0.29, 0.717) is 11.4 Å². The second-order valence-corrected chi connectivity index (χ2v) is 8.20. The van der Waals surface area contributed by atoms with Crippen molar-refractivity contribution in [3.63, 3.8) is 0 Å². The molecule has 0 aromatic heterocycles. The summed E-state index contributed by atoms with van der Waals surface area (Å²) in [6.07, 6.45) is 0. The van der Waals surface area contributed by atoms with Gasteiger partial charge in [-0.05, 0) is 54.6 Å². The Bertz CT molecular complexity index is 1330. The summed E-state index contributed by atoms with van der Waals surface area (Å²) in [7, 11) is -3.17. The van der Waals surface area contributed by atoms with Crippen LogP contribution < -0.4 is 30.5 Å². The van der Waals surface area contributed by atoms with Crippen molar-refractivity contribution in [1.82, 2.24) is 4.72 Å². The summed E-state index contributed by atoms with van der Waals surface area (Å²) in [6.45, 7) is 0. The summed E-state index contributed by atoms with van der Waals surface area (Å²) >= 11 is 0. The zero-order valence-corrected chi connectivity index (χ0v) is 18.4. The lowest BCUT2D eigenvalue weighted by Crippen LogP contribution is -2.38. The van der Waals surface area contributed by atoms with Crippen molar-refractivity contribution >= 4 is 44.9 Å². The fourth-order valence-electron chi connectivity index (χ4n) is 2.72. The van der Waals surface area contributed by atoms with Crippen molar-refractivity contribution in [2.45, 2.75) is 0 Å². The molecular weight excluding hydrogens is 472 g/mol. The molecule has 0 saturated carbocycles. The summed E-state index contributed by atoms with van der Waals surface area (Å²) in [5.74, 6) is -2.91. The molecule has 0 aliphatic heterocycles. The van der Waals surface area contributed by atoms with Gasteiger partial charge >= 0.3 is 16.2 Å². The molecule has 13 heteroatoms. The molecule has 34 heavy (non-hydrogen) atoms. The van der Waals surface area contributed by atoms with E-state index in [1.165, 1.54) is 43.5 Å². The van der Waals surface area contributed by atoms with Crippen LogP contribution in [-0.2, 0) is 10.2 Å². The summed E-state index contributed by atoms with van der Waals surface area (Å²) < 4.78 is 60.3. The second kappa shape index (κ2) is 10.0. The lowest BCUT2D eigenvalue weighted by molar-refractivity contribution is 0.102. The van der Waals surface area contributed by atoms with Gasteiger partial charge in [0.05, 0.1) is 12.8 Å². The Kier molecular flexibility index (Phi) is 7.16. The zero-order chi connectivity index (χ0) is 24.9. The van der Waals surface area contributed by atoms with Gasteiger partial charge in [-0.15, -0.1) is 0 Å². The quantitative estimate of drug-likeness (QED) is 0.320. The SMILES string of the molecule is COc1ccc(C(=O)Nc2ccc(F)c(F)c2)cc1NS(=O)(=O)NC(=O)Nc1ccc(N)cc1. The third kappa shape index (κ3) is 6.32. The Hall–Kier alpha value is -4.39. The van der Waals surface area contributed by atoms with Crippen molar-refractivity contribution in [3.05, 3.63) is 77.9 Å². The van der Waals surface area contributed by atoms with E-state index in [0.717, 1.165) is 24.3 Å². The molecule has 0 aliphatic rings. The number of nitrogens with two attached hydrogens (primary N) is 1. The molecule has 0 spiro atoms. The Labute approximate surface area is 193 Å². The molecule has 3 aromatic carbocycles. The number of rotatable bonds is 7. The minimum Gasteiger partial charge on any atom is -0.495 e. The van der Waals surface area contributed by atoms with E-state index in [-0.39, 0.29) is 22.7 Å². The minimum absolute atomic E-state index is 0.0112. The van der Waals surface area contributed by atoms with Crippen molar-refractivity contribution in [2.24, 2.45) is 0 Å². The van der Waals surface area contributed by atoms with Crippen LogP contribution in [0.2, 0.25) is 0 Å². The first-order chi connectivity index (χ1) is 16.1. The van der Waals surface area contributed by atoms with Crippen LogP contribution in [0.15, 0.2) is 60.7 Å². The van der Waals surface area contributed by atoms with Crippen LogP contribution in [0.4, 0.5) is 36.3 Å². The number of nitrogens with one attached hydrogen (secondary N) is 4. The topological polar surface area (TPSA) is 152 Å². The van der Waals surface area contributed by atoms with E-state index in [1.807, 2.05) is 0 Å². The number of anilines is 4. The molecule has 10 nitrogen and oxygen atoms in total. The summed E-state index contributed by atoms with van der Waals surface area (Å²) in [5.41, 5.74) is 6.11. The molecule has 3 amide bonds. The lowest BCUT2D eigenvalue weighted by Gasteiger charge is -2.14. The van der Waals surface area contributed by atoms with Gasteiger partial charge in [0.25, 0.3) is 5.91 Å². The molecular formula is C21H19F2N5O5S. The number of benzene rings is 3. The number of ether oxygens (including phenoxy) is 1. The first-order valence-electron chi connectivity index (χ1n) is 9.48. The highest BCUT2D eigenvalue weighted by atomic mass is 32.2. The van der Waals surface area contributed by atoms with Gasteiger partial charge in [0.1, 0.15) is 5.75 Å². The van der Waals surface area contributed by atoms with E-state index < -0.39 is 33.8 Å². The molecule has 0 radical (unpaired) electrons. The molecule has 6 N–H and O–H groups in total.